The van der Waals surface area contributed by atoms with E-state index in [2.05, 4.69) is 32.0 Å². The van der Waals surface area contributed by atoms with Gasteiger partial charge < -0.3 is 5.73 Å². The smallest absolute Gasteiger partial charge is 0.124 e. The third-order valence-corrected chi connectivity index (χ3v) is 4.87. The van der Waals surface area contributed by atoms with E-state index in [1.165, 1.54) is 33.7 Å². The lowest BCUT2D eigenvalue weighted by atomic mass is 9.99. The molecule has 1 heterocycles. The Hall–Kier alpha value is -1.19. The standard InChI is InChI=1S/C15H18N2S/c1-9-6-7-11(10(2)8-9)15-17-13-5-3-4-12(16)14(13)18-15/h6-8,12H,3-5,16H2,1-2H3. The molecule has 18 heavy (non-hydrogen) atoms. The van der Waals surface area contributed by atoms with E-state index in [0.717, 1.165) is 17.8 Å². The van der Waals surface area contributed by atoms with E-state index < -0.39 is 0 Å². The second-order valence-corrected chi connectivity index (χ2v) is 6.18. The van der Waals surface area contributed by atoms with Gasteiger partial charge in [0, 0.05) is 16.5 Å². The SMILES string of the molecule is Cc1ccc(-c2nc3c(s2)C(N)CCC3)c(C)c1. The van der Waals surface area contributed by atoms with Crippen molar-refractivity contribution in [3.63, 3.8) is 0 Å². The van der Waals surface area contributed by atoms with E-state index in [1.807, 2.05) is 0 Å². The topological polar surface area (TPSA) is 38.9 Å². The lowest BCUT2D eigenvalue weighted by Gasteiger charge is -2.15. The van der Waals surface area contributed by atoms with Gasteiger partial charge in [-0.1, -0.05) is 23.8 Å². The monoisotopic (exact) mass is 258 g/mol. The fourth-order valence-corrected chi connectivity index (χ4v) is 3.86. The maximum atomic E-state index is 6.17. The molecule has 2 N–H and O–H groups in total. The first kappa shape index (κ1) is 11.9. The molecule has 0 bridgehead atoms. The molecule has 1 unspecified atom stereocenters. The first-order chi connectivity index (χ1) is 8.65. The van der Waals surface area contributed by atoms with Crippen molar-refractivity contribution in [2.24, 2.45) is 5.73 Å². The summed E-state index contributed by atoms with van der Waals surface area (Å²) in [6.45, 7) is 4.28. The number of fused-ring (bicyclic) bond motifs is 1. The van der Waals surface area contributed by atoms with Crippen molar-refractivity contribution in [1.82, 2.24) is 4.98 Å². The molecule has 0 saturated carbocycles. The third-order valence-electron chi connectivity index (χ3n) is 3.61. The summed E-state index contributed by atoms with van der Waals surface area (Å²) in [5.41, 5.74) is 11.3. The summed E-state index contributed by atoms with van der Waals surface area (Å²) in [5, 5.41) is 1.13. The molecule has 94 valence electrons. The second kappa shape index (κ2) is 4.48. The third kappa shape index (κ3) is 1.98. The van der Waals surface area contributed by atoms with Gasteiger partial charge in [-0.05, 0) is 38.7 Å². The number of aromatic nitrogens is 1. The molecular formula is C15H18N2S. The maximum Gasteiger partial charge on any atom is 0.124 e. The van der Waals surface area contributed by atoms with E-state index >= 15 is 0 Å². The van der Waals surface area contributed by atoms with Crippen molar-refractivity contribution >= 4 is 11.3 Å². The average Bonchev–Trinajstić information content (AvgIpc) is 2.74. The zero-order chi connectivity index (χ0) is 12.7. The maximum absolute atomic E-state index is 6.17. The Bertz CT molecular complexity index is 586. The molecule has 2 nitrogen and oxygen atoms in total. The number of hydrogen-bond donors (Lipinski definition) is 1. The lowest BCUT2D eigenvalue weighted by molar-refractivity contribution is 0.573. The quantitative estimate of drug-likeness (QED) is 0.845. The van der Waals surface area contributed by atoms with Crippen LogP contribution in [0, 0.1) is 13.8 Å². The van der Waals surface area contributed by atoms with E-state index in [-0.39, 0.29) is 6.04 Å². The number of rotatable bonds is 1. The van der Waals surface area contributed by atoms with Crippen LogP contribution in [0.1, 0.15) is 40.6 Å². The summed E-state index contributed by atoms with van der Waals surface area (Å²) >= 11 is 1.78. The predicted molar refractivity (Wildman–Crippen MR) is 76.9 cm³/mol. The zero-order valence-electron chi connectivity index (χ0n) is 10.9. The van der Waals surface area contributed by atoms with Crippen molar-refractivity contribution in [2.75, 3.05) is 0 Å². The Balaban J connectivity index is 2.07. The summed E-state index contributed by atoms with van der Waals surface area (Å²) in [4.78, 5) is 6.10. The van der Waals surface area contributed by atoms with Crippen LogP contribution < -0.4 is 5.73 Å². The minimum Gasteiger partial charge on any atom is -0.323 e. The highest BCUT2D eigenvalue weighted by Gasteiger charge is 2.22. The normalized spacial score (nSPS) is 18.7. The molecule has 3 heteroatoms. The zero-order valence-corrected chi connectivity index (χ0v) is 11.7. The van der Waals surface area contributed by atoms with Crippen LogP contribution in [0.4, 0.5) is 0 Å². The van der Waals surface area contributed by atoms with Crippen LogP contribution >= 0.6 is 11.3 Å². The Labute approximate surface area is 112 Å². The van der Waals surface area contributed by atoms with E-state index in [0.29, 0.717) is 0 Å². The number of hydrogen-bond acceptors (Lipinski definition) is 3. The summed E-state index contributed by atoms with van der Waals surface area (Å²) in [5.74, 6) is 0. The molecule has 0 fully saturated rings. The number of thiazole rings is 1. The summed E-state index contributed by atoms with van der Waals surface area (Å²) in [6.07, 6.45) is 3.36. The van der Waals surface area contributed by atoms with Gasteiger partial charge in [0.15, 0.2) is 0 Å². The first-order valence-electron chi connectivity index (χ1n) is 6.48. The minimum absolute atomic E-state index is 0.200. The average molecular weight is 258 g/mol. The molecule has 0 radical (unpaired) electrons. The Morgan fingerprint density at radius 1 is 1.33 bits per heavy atom. The molecule has 0 amide bonds. The fraction of sp³-hybridized carbons (Fsp3) is 0.400. The second-order valence-electron chi connectivity index (χ2n) is 5.15. The highest BCUT2D eigenvalue weighted by molar-refractivity contribution is 7.15. The largest absolute Gasteiger partial charge is 0.323 e. The highest BCUT2D eigenvalue weighted by atomic mass is 32.1. The highest BCUT2D eigenvalue weighted by Crippen LogP contribution is 2.37. The van der Waals surface area contributed by atoms with Crippen LogP contribution in [0.25, 0.3) is 10.6 Å². The van der Waals surface area contributed by atoms with Gasteiger partial charge >= 0.3 is 0 Å². The van der Waals surface area contributed by atoms with E-state index in [9.17, 15) is 0 Å². The molecule has 3 rings (SSSR count). The van der Waals surface area contributed by atoms with Gasteiger partial charge in [0.05, 0.1) is 5.69 Å². The van der Waals surface area contributed by atoms with Gasteiger partial charge in [0.1, 0.15) is 5.01 Å². The summed E-state index contributed by atoms with van der Waals surface area (Å²) in [6, 6.07) is 6.75. The van der Waals surface area contributed by atoms with Gasteiger partial charge in [-0.15, -0.1) is 11.3 Å². The first-order valence-corrected chi connectivity index (χ1v) is 7.29. The van der Waals surface area contributed by atoms with Crippen LogP contribution in [0.15, 0.2) is 18.2 Å². The summed E-state index contributed by atoms with van der Waals surface area (Å²) < 4.78 is 0. The van der Waals surface area contributed by atoms with Crippen LogP contribution in [0.2, 0.25) is 0 Å². The number of aryl methyl sites for hydroxylation is 3. The van der Waals surface area contributed by atoms with Gasteiger partial charge in [-0.2, -0.15) is 0 Å². The van der Waals surface area contributed by atoms with Crippen molar-refractivity contribution in [3.8, 4) is 10.6 Å². The number of nitrogens with zero attached hydrogens (tertiary/aromatic N) is 1. The Kier molecular flexibility index (Phi) is 2.96. The lowest BCUT2D eigenvalue weighted by Crippen LogP contribution is -2.15. The molecule has 1 aliphatic carbocycles. The van der Waals surface area contributed by atoms with Gasteiger partial charge in [-0.25, -0.2) is 4.98 Å². The van der Waals surface area contributed by atoms with Crippen LogP contribution in [-0.4, -0.2) is 4.98 Å². The molecule has 1 aliphatic rings. The minimum atomic E-state index is 0.200. The molecule has 2 aromatic rings. The molecule has 0 spiro atoms. The predicted octanol–water partition coefficient (Wildman–Crippen LogP) is 3.76. The van der Waals surface area contributed by atoms with E-state index in [4.69, 9.17) is 10.7 Å². The van der Waals surface area contributed by atoms with Crippen LogP contribution in [-0.2, 0) is 6.42 Å². The molecule has 0 aliphatic heterocycles. The van der Waals surface area contributed by atoms with Crippen molar-refractivity contribution in [2.45, 2.75) is 39.2 Å². The number of nitrogens with two attached hydrogens (primary N) is 1. The number of benzene rings is 1. The Morgan fingerprint density at radius 3 is 2.89 bits per heavy atom. The van der Waals surface area contributed by atoms with Crippen molar-refractivity contribution in [1.29, 1.82) is 0 Å². The molecule has 1 atom stereocenters. The van der Waals surface area contributed by atoms with Crippen molar-refractivity contribution < 1.29 is 0 Å². The Morgan fingerprint density at radius 2 is 2.17 bits per heavy atom. The van der Waals surface area contributed by atoms with Crippen LogP contribution in [0.5, 0.6) is 0 Å². The van der Waals surface area contributed by atoms with Crippen molar-refractivity contribution in [3.05, 3.63) is 39.9 Å². The molecule has 1 aromatic heterocycles. The van der Waals surface area contributed by atoms with Gasteiger partial charge in [0.25, 0.3) is 0 Å². The molecule has 0 saturated heterocycles. The fourth-order valence-electron chi connectivity index (χ4n) is 2.62. The van der Waals surface area contributed by atoms with Gasteiger partial charge in [0.2, 0.25) is 0 Å². The van der Waals surface area contributed by atoms with E-state index in [1.54, 1.807) is 11.3 Å². The summed E-state index contributed by atoms with van der Waals surface area (Å²) in [7, 11) is 0. The van der Waals surface area contributed by atoms with Gasteiger partial charge in [-0.3, -0.25) is 0 Å². The molecular weight excluding hydrogens is 240 g/mol. The van der Waals surface area contributed by atoms with Crippen LogP contribution in [0.3, 0.4) is 0 Å². The molecule has 1 aromatic carbocycles.